The lowest BCUT2D eigenvalue weighted by atomic mass is 10.1. The van der Waals surface area contributed by atoms with Crippen LogP contribution in [-0.2, 0) is 4.79 Å². The molecule has 0 aliphatic carbocycles. The average Bonchev–Trinajstić information content (AvgIpc) is 3.14. The lowest BCUT2D eigenvalue weighted by Crippen LogP contribution is -2.32. The van der Waals surface area contributed by atoms with Crippen LogP contribution in [0.25, 0.3) is 0 Å². The van der Waals surface area contributed by atoms with Gasteiger partial charge in [-0.2, -0.15) is 0 Å². The molecule has 2 aromatic rings. The summed E-state index contributed by atoms with van der Waals surface area (Å²) in [6.45, 7) is 4.65. The van der Waals surface area contributed by atoms with E-state index >= 15 is 0 Å². The predicted octanol–water partition coefficient (Wildman–Crippen LogP) is 3.59. The van der Waals surface area contributed by atoms with Gasteiger partial charge in [-0.3, -0.25) is 14.4 Å². The molecule has 0 unspecified atom stereocenters. The summed E-state index contributed by atoms with van der Waals surface area (Å²) in [5.74, 6) is -0.408. The van der Waals surface area contributed by atoms with Crippen LogP contribution in [0.1, 0.15) is 53.8 Å². The second-order valence-electron chi connectivity index (χ2n) is 6.98. The molecule has 146 valence electrons. The Labute approximate surface area is 164 Å². The van der Waals surface area contributed by atoms with Crippen molar-refractivity contribution >= 4 is 29.1 Å². The van der Waals surface area contributed by atoms with Gasteiger partial charge in [0.25, 0.3) is 11.8 Å². The number of hydrogen-bond acceptors (Lipinski definition) is 3. The quantitative estimate of drug-likeness (QED) is 0.805. The van der Waals surface area contributed by atoms with Gasteiger partial charge in [-0.25, -0.2) is 0 Å². The summed E-state index contributed by atoms with van der Waals surface area (Å²) in [5, 5.41) is 5.73. The monoisotopic (exact) mass is 379 g/mol. The van der Waals surface area contributed by atoms with E-state index in [9.17, 15) is 14.4 Å². The Kier molecular flexibility index (Phi) is 6.09. The number of hydrogen-bond donors (Lipinski definition) is 2. The maximum Gasteiger partial charge on any atom is 0.255 e. The van der Waals surface area contributed by atoms with E-state index in [0.29, 0.717) is 29.8 Å². The first-order chi connectivity index (χ1) is 13.5. The Bertz CT molecular complexity index is 877. The summed E-state index contributed by atoms with van der Waals surface area (Å²) in [5.41, 5.74) is 2.16. The van der Waals surface area contributed by atoms with Gasteiger partial charge in [-0.05, 0) is 56.2 Å². The van der Waals surface area contributed by atoms with Crippen molar-refractivity contribution in [2.24, 2.45) is 0 Å². The highest BCUT2D eigenvalue weighted by atomic mass is 16.2. The van der Waals surface area contributed by atoms with Gasteiger partial charge in [0.1, 0.15) is 0 Å². The number of para-hydroxylation sites is 1. The molecule has 1 atom stereocenters. The van der Waals surface area contributed by atoms with Gasteiger partial charge in [0.15, 0.2) is 0 Å². The van der Waals surface area contributed by atoms with Crippen LogP contribution in [-0.4, -0.2) is 30.3 Å². The minimum Gasteiger partial charge on any atom is -0.350 e. The summed E-state index contributed by atoms with van der Waals surface area (Å²) >= 11 is 0. The van der Waals surface area contributed by atoms with Crippen LogP contribution in [0.5, 0.6) is 0 Å². The summed E-state index contributed by atoms with van der Waals surface area (Å²) < 4.78 is 0. The number of anilines is 2. The molecule has 1 aliphatic heterocycles. The molecule has 0 aromatic heterocycles. The van der Waals surface area contributed by atoms with Crippen molar-refractivity contribution in [3.8, 4) is 0 Å². The van der Waals surface area contributed by atoms with Gasteiger partial charge in [0, 0.05) is 30.3 Å². The lowest BCUT2D eigenvalue weighted by molar-refractivity contribution is -0.117. The number of nitrogens with one attached hydrogen (secondary N) is 2. The smallest absolute Gasteiger partial charge is 0.255 e. The Morgan fingerprint density at radius 1 is 1.07 bits per heavy atom. The van der Waals surface area contributed by atoms with E-state index < -0.39 is 0 Å². The molecule has 2 aromatic carbocycles. The fourth-order valence-electron chi connectivity index (χ4n) is 3.10. The standard InChI is InChI=1S/C22H25N3O3/c1-3-15(2)23-22(28)18-7-4-5-8-19(18)24-21(27)16-10-12-17(13-11-16)25-14-6-9-20(25)26/h4-5,7-8,10-13,15H,3,6,9,14H2,1-2H3,(H,23,28)(H,24,27)/t15-/m1/s1. The van der Waals surface area contributed by atoms with Crippen molar-refractivity contribution in [1.29, 1.82) is 0 Å². The number of carbonyl (C=O) groups is 3. The summed E-state index contributed by atoms with van der Waals surface area (Å²) in [6.07, 6.45) is 2.25. The van der Waals surface area contributed by atoms with Crippen LogP contribution in [0, 0.1) is 0 Å². The highest BCUT2D eigenvalue weighted by Gasteiger charge is 2.22. The number of benzene rings is 2. The third-order valence-electron chi connectivity index (χ3n) is 4.92. The first-order valence-corrected chi connectivity index (χ1v) is 9.61. The third kappa shape index (κ3) is 4.39. The van der Waals surface area contributed by atoms with Crippen LogP contribution in [0.3, 0.4) is 0 Å². The van der Waals surface area contributed by atoms with Crippen LogP contribution >= 0.6 is 0 Å². The molecule has 3 amide bonds. The first-order valence-electron chi connectivity index (χ1n) is 9.61. The minimum absolute atomic E-state index is 0.0529. The molecule has 28 heavy (non-hydrogen) atoms. The molecule has 1 aliphatic rings. The Hall–Kier alpha value is -3.15. The highest BCUT2D eigenvalue weighted by Crippen LogP contribution is 2.22. The van der Waals surface area contributed by atoms with Crippen LogP contribution in [0.15, 0.2) is 48.5 Å². The molecule has 6 heteroatoms. The molecule has 6 nitrogen and oxygen atoms in total. The highest BCUT2D eigenvalue weighted by molar-refractivity contribution is 6.09. The minimum atomic E-state index is -0.303. The number of rotatable bonds is 6. The van der Waals surface area contributed by atoms with Crippen molar-refractivity contribution in [3.63, 3.8) is 0 Å². The molecule has 0 saturated carbocycles. The molecule has 1 heterocycles. The van der Waals surface area contributed by atoms with E-state index in [1.165, 1.54) is 0 Å². The molecular weight excluding hydrogens is 354 g/mol. The number of nitrogens with zero attached hydrogens (tertiary/aromatic N) is 1. The Morgan fingerprint density at radius 2 is 1.79 bits per heavy atom. The van der Waals surface area contributed by atoms with E-state index in [-0.39, 0.29) is 23.8 Å². The Morgan fingerprint density at radius 3 is 2.43 bits per heavy atom. The molecule has 3 rings (SSSR count). The van der Waals surface area contributed by atoms with Gasteiger partial charge < -0.3 is 15.5 Å². The molecule has 0 radical (unpaired) electrons. The predicted molar refractivity (Wildman–Crippen MR) is 110 cm³/mol. The zero-order valence-electron chi connectivity index (χ0n) is 16.2. The maximum atomic E-state index is 12.6. The van der Waals surface area contributed by atoms with E-state index in [1.54, 1.807) is 53.4 Å². The van der Waals surface area contributed by atoms with Crippen molar-refractivity contribution in [2.75, 3.05) is 16.8 Å². The van der Waals surface area contributed by atoms with Crippen molar-refractivity contribution in [1.82, 2.24) is 5.32 Å². The van der Waals surface area contributed by atoms with Crippen LogP contribution in [0.2, 0.25) is 0 Å². The maximum absolute atomic E-state index is 12.6. The fraction of sp³-hybridized carbons (Fsp3) is 0.318. The van der Waals surface area contributed by atoms with Crippen LogP contribution in [0.4, 0.5) is 11.4 Å². The average molecular weight is 379 g/mol. The van der Waals surface area contributed by atoms with Crippen molar-refractivity contribution in [2.45, 2.75) is 39.2 Å². The third-order valence-corrected chi connectivity index (χ3v) is 4.92. The SMILES string of the molecule is CC[C@@H](C)NC(=O)c1ccccc1NC(=O)c1ccc(N2CCCC2=O)cc1. The first kappa shape index (κ1) is 19.6. The van der Waals surface area contributed by atoms with Crippen molar-refractivity contribution in [3.05, 3.63) is 59.7 Å². The van der Waals surface area contributed by atoms with E-state index in [1.807, 2.05) is 13.8 Å². The largest absolute Gasteiger partial charge is 0.350 e. The second kappa shape index (κ2) is 8.69. The zero-order valence-corrected chi connectivity index (χ0v) is 16.2. The summed E-state index contributed by atoms with van der Waals surface area (Å²) in [4.78, 5) is 38.7. The molecule has 2 N–H and O–H groups in total. The normalized spacial score (nSPS) is 14.6. The molecule has 1 saturated heterocycles. The summed E-state index contributed by atoms with van der Waals surface area (Å²) in [7, 11) is 0. The van der Waals surface area contributed by atoms with Gasteiger partial charge in [-0.15, -0.1) is 0 Å². The number of amides is 3. The summed E-state index contributed by atoms with van der Waals surface area (Å²) in [6, 6.07) is 13.9. The Balaban J connectivity index is 1.73. The zero-order chi connectivity index (χ0) is 20.1. The molecule has 0 bridgehead atoms. The topological polar surface area (TPSA) is 78.5 Å². The van der Waals surface area contributed by atoms with Gasteiger partial charge in [0.2, 0.25) is 5.91 Å². The molecular formula is C22H25N3O3. The van der Waals surface area contributed by atoms with Gasteiger partial charge in [-0.1, -0.05) is 19.1 Å². The van der Waals surface area contributed by atoms with E-state index in [4.69, 9.17) is 0 Å². The second-order valence-corrected chi connectivity index (χ2v) is 6.98. The molecule has 1 fully saturated rings. The van der Waals surface area contributed by atoms with Crippen LogP contribution < -0.4 is 15.5 Å². The molecule has 0 spiro atoms. The van der Waals surface area contributed by atoms with E-state index in [2.05, 4.69) is 10.6 Å². The van der Waals surface area contributed by atoms with Gasteiger partial charge >= 0.3 is 0 Å². The fourth-order valence-corrected chi connectivity index (χ4v) is 3.10. The van der Waals surface area contributed by atoms with E-state index in [0.717, 1.165) is 18.5 Å². The van der Waals surface area contributed by atoms with Gasteiger partial charge in [0.05, 0.1) is 11.3 Å². The lowest BCUT2D eigenvalue weighted by Gasteiger charge is -2.16. The number of carbonyl (C=O) groups excluding carboxylic acids is 3. The van der Waals surface area contributed by atoms with Crippen molar-refractivity contribution < 1.29 is 14.4 Å².